The molecule has 2 heterocycles. The van der Waals surface area contributed by atoms with E-state index in [4.69, 9.17) is 10.2 Å². The molecule has 3 rings (SSSR count). The van der Waals surface area contributed by atoms with E-state index in [0.717, 1.165) is 11.3 Å². The van der Waals surface area contributed by atoms with E-state index in [1.54, 1.807) is 6.07 Å². The van der Waals surface area contributed by atoms with E-state index in [0.29, 0.717) is 17.5 Å². The van der Waals surface area contributed by atoms with Crippen molar-refractivity contribution in [3.63, 3.8) is 0 Å². The number of carbonyl (C=O) groups is 1. The van der Waals surface area contributed by atoms with Gasteiger partial charge in [-0.15, -0.1) is 0 Å². The Labute approximate surface area is 103 Å². The van der Waals surface area contributed by atoms with Gasteiger partial charge in [-0.25, -0.2) is 5.43 Å². The second kappa shape index (κ2) is 3.83. The molecular weight excluding hydrogens is 232 g/mol. The minimum absolute atomic E-state index is 0.0574. The molecule has 2 aromatic rings. The summed E-state index contributed by atoms with van der Waals surface area (Å²) in [4.78, 5) is 15.3. The zero-order chi connectivity index (χ0) is 12.7. The lowest BCUT2D eigenvalue weighted by atomic mass is 9.94. The van der Waals surface area contributed by atoms with Gasteiger partial charge in [0.1, 0.15) is 5.52 Å². The second-order valence-electron chi connectivity index (χ2n) is 4.37. The number of nitrogens with two attached hydrogens (primary N) is 1. The van der Waals surface area contributed by atoms with Gasteiger partial charge >= 0.3 is 0 Å². The first-order valence-corrected chi connectivity index (χ1v) is 5.66. The van der Waals surface area contributed by atoms with Gasteiger partial charge in [0, 0.05) is 17.9 Å². The van der Waals surface area contributed by atoms with Crippen molar-refractivity contribution < 1.29 is 9.21 Å². The Bertz CT molecular complexity index is 659. The number of hydrogen-bond acceptors (Lipinski definition) is 5. The van der Waals surface area contributed by atoms with Crippen molar-refractivity contribution in [2.24, 2.45) is 11.0 Å². The Balaban J connectivity index is 2.06. The monoisotopic (exact) mass is 244 g/mol. The molecule has 1 aliphatic heterocycles. The lowest BCUT2D eigenvalue weighted by Crippen LogP contribution is -2.31. The van der Waals surface area contributed by atoms with Crippen molar-refractivity contribution >= 4 is 28.7 Å². The molecule has 0 bridgehead atoms. The summed E-state index contributed by atoms with van der Waals surface area (Å²) in [5, 5.41) is 4.10. The number of benzene rings is 1. The quantitative estimate of drug-likeness (QED) is 0.789. The van der Waals surface area contributed by atoms with Gasteiger partial charge < -0.3 is 10.2 Å². The molecule has 3 N–H and O–H groups in total. The molecule has 0 saturated heterocycles. The van der Waals surface area contributed by atoms with E-state index in [9.17, 15) is 4.79 Å². The average Bonchev–Trinajstić information content (AvgIpc) is 2.68. The molecule has 0 spiro atoms. The van der Waals surface area contributed by atoms with Crippen molar-refractivity contribution in [2.45, 2.75) is 13.3 Å². The topological polar surface area (TPSA) is 93.5 Å². The van der Waals surface area contributed by atoms with E-state index in [1.165, 1.54) is 0 Å². The first-order chi connectivity index (χ1) is 8.63. The van der Waals surface area contributed by atoms with Crippen LogP contribution < -0.4 is 11.2 Å². The number of nitrogen functional groups attached to an aromatic ring is 1. The molecule has 1 aliphatic rings. The van der Waals surface area contributed by atoms with Crippen molar-refractivity contribution in [1.82, 2.24) is 10.4 Å². The molecule has 0 saturated carbocycles. The molecule has 1 aromatic heterocycles. The first kappa shape index (κ1) is 10.8. The average molecular weight is 244 g/mol. The molecule has 92 valence electrons. The number of anilines is 1. The lowest BCUT2D eigenvalue weighted by Gasteiger charge is -2.18. The maximum atomic E-state index is 11.2. The highest BCUT2D eigenvalue weighted by Gasteiger charge is 2.22. The number of rotatable bonds is 1. The summed E-state index contributed by atoms with van der Waals surface area (Å²) >= 11 is 0. The third-order valence-electron chi connectivity index (χ3n) is 2.96. The van der Waals surface area contributed by atoms with E-state index in [-0.39, 0.29) is 17.8 Å². The smallest absolute Gasteiger partial charge is 0.292 e. The minimum Gasteiger partial charge on any atom is -0.424 e. The van der Waals surface area contributed by atoms with E-state index >= 15 is 0 Å². The number of carbonyl (C=O) groups excluding carboxylic acids is 1. The highest BCUT2D eigenvalue weighted by Crippen LogP contribution is 2.22. The molecule has 1 aromatic carbocycles. The predicted octanol–water partition coefficient (Wildman–Crippen LogP) is 1.27. The Morgan fingerprint density at radius 2 is 2.33 bits per heavy atom. The Hall–Kier alpha value is -2.37. The number of hydrazone groups is 1. The maximum absolute atomic E-state index is 11.2. The molecule has 18 heavy (non-hydrogen) atoms. The number of fused-ring (bicyclic) bond motifs is 1. The van der Waals surface area contributed by atoms with E-state index in [1.807, 2.05) is 19.1 Å². The summed E-state index contributed by atoms with van der Waals surface area (Å²) in [6.45, 7) is 1.97. The van der Waals surface area contributed by atoms with Crippen LogP contribution in [-0.4, -0.2) is 16.6 Å². The highest BCUT2D eigenvalue weighted by molar-refractivity contribution is 6.07. The fraction of sp³-hybridized carbons (Fsp3) is 0.250. The van der Waals surface area contributed by atoms with Crippen LogP contribution in [-0.2, 0) is 4.79 Å². The molecular formula is C12H12N4O2. The lowest BCUT2D eigenvalue weighted by molar-refractivity contribution is -0.121. The van der Waals surface area contributed by atoms with Crippen LogP contribution in [0.1, 0.15) is 18.9 Å². The standard InChI is InChI=1S/C12H12N4O2/c1-6-4-10(17)15-16-11(6)7-2-3-9-8(5-7)14-12(13)18-9/h2-3,5-6H,4H2,1H3,(H2,13,14)(H,15,17). The fourth-order valence-corrected chi connectivity index (χ4v) is 2.11. The van der Waals surface area contributed by atoms with Crippen molar-refractivity contribution in [3.8, 4) is 0 Å². The van der Waals surface area contributed by atoms with Crippen LogP contribution in [0.25, 0.3) is 11.1 Å². The number of hydrogen-bond donors (Lipinski definition) is 2. The molecule has 0 radical (unpaired) electrons. The van der Waals surface area contributed by atoms with Crippen LogP contribution in [0, 0.1) is 5.92 Å². The molecule has 0 fully saturated rings. The Kier molecular flexibility index (Phi) is 2.29. The Morgan fingerprint density at radius 1 is 1.50 bits per heavy atom. The maximum Gasteiger partial charge on any atom is 0.292 e. The van der Waals surface area contributed by atoms with E-state index in [2.05, 4.69) is 15.5 Å². The number of amides is 1. The number of oxazole rings is 1. The molecule has 1 unspecified atom stereocenters. The van der Waals surface area contributed by atoms with Crippen LogP contribution in [0.15, 0.2) is 27.7 Å². The normalized spacial score (nSPS) is 19.7. The van der Waals surface area contributed by atoms with Crippen LogP contribution in [0.5, 0.6) is 0 Å². The highest BCUT2D eigenvalue weighted by atomic mass is 16.4. The van der Waals surface area contributed by atoms with Crippen molar-refractivity contribution in [2.75, 3.05) is 5.73 Å². The minimum atomic E-state index is -0.0574. The number of aromatic nitrogens is 1. The van der Waals surface area contributed by atoms with Crippen LogP contribution in [0.3, 0.4) is 0 Å². The number of nitrogens with one attached hydrogen (secondary N) is 1. The SMILES string of the molecule is CC1CC(=O)NN=C1c1ccc2oc(N)nc2c1. The zero-order valence-corrected chi connectivity index (χ0v) is 9.80. The van der Waals surface area contributed by atoms with Gasteiger partial charge in [-0.1, -0.05) is 6.92 Å². The summed E-state index contributed by atoms with van der Waals surface area (Å²) in [5.41, 5.74) is 11.1. The molecule has 1 atom stereocenters. The third kappa shape index (κ3) is 1.71. The second-order valence-corrected chi connectivity index (χ2v) is 4.37. The molecule has 6 heteroatoms. The third-order valence-corrected chi connectivity index (χ3v) is 2.96. The van der Waals surface area contributed by atoms with Crippen LogP contribution in [0.2, 0.25) is 0 Å². The molecule has 1 amide bonds. The summed E-state index contributed by atoms with van der Waals surface area (Å²) in [6, 6.07) is 5.70. The van der Waals surface area contributed by atoms with E-state index < -0.39 is 0 Å². The van der Waals surface area contributed by atoms with Gasteiger partial charge in [0.15, 0.2) is 5.58 Å². The van der Waals surface area contributed by atoms with Gasteiger partial charge in [0.25, 0.3) is 6.01 Å². The predicted molar refractivity (Wildman–Crippen MR) is 66.9 cm³/mol. The molecule has 0 aliphatic carbocycles. The van der Waals surface area contributed by atoms with Gasteiger partial charge in [0.05, 0.1) is 5.71 Å². The largest absolute Gasteiger partial charge is 0.424 e. The fourth-order valence-electron chi connectivity index (χ4n) is 2.11. The van der Waals surface area contributed by atoms with Gasteiger partial charge in [-0.3, -0.25) is 4.79 Å². The van der Waals surface area contributed by atoms with Gasteiger partial charge in [0.2, 0.25) is 5.91 Å². The summed E-state index contributed by atoms with van der Waals surface area (Å²) in [6.07, 6.45) is 0.442. The Morgan fingerprint density at radius 3 is 3.11 bits per heavy atom. The van der Waals surface area contributed by atoms with Crippen molar-refractivity contribution in [1.29, 1.82) is 0 Å². The summed E-state index contributed by atoms with van der Waals surface area (Å²) < 4.78 is 5.21. The molecule has 6 nitrogen and oxygen atoms in total. The van der Waals surface area contributed by atoms with Crippen LogP contribution in [0.4, 0.5) is 6.01 Å². The van der Waals surface area contributed by atoms with Crippen molar-refractivity contribution in [3.05, 3.63) is 23.8 Å². The van der Waals surface area contributed by atoms with Crippen LogP contribution >= 0.6 is 0 Å². The number of nitrogens with zero attached hydrogens (tertiary/aromatic N) is 2. The van der Waals surface area contributed by atoms with Gasteiger partial charge in [-0.05, 0) is 18.2 Å². The summed E-state index contributed by atoms with van der Waals surface area (Å²) in [7, 11) is 0. The summed E-state index contributed by atoms with van der Waals surface area (Å²) in [5.74, 6) is 0.0263. The van der Waals surface area contributed by atoms with Gasteiger partial charge in [-0.2, -0.15) is 10.1 Å². The zero-order valence-electron chi connectivity index (χ0n) is 9.80. The first-order valence-electron chi connectivity index (χ1n) is 5.66.